The Morgan fingerprint density at radius 3 is 2.32 bits per heavy atom. The molecule has 4 amide bonds. The highest BCUT2D eigenvalue weighted by Crippen LogP contribution is 2.36. The van der Waals surface area contributed by atoms with Gasteiger partial charge in [-0.1, -0.05) is 12.1 Å². The van der Waals surface area contributed by atoms with Gasteiger partial charge in [0, 0.05) is 79.8 Å². The summed E-state index contributed by atoms with van der Waals surface area (Å²) in [7, 11) is 0. The average molecular weight is 779 g/mol. The number of nitrogens with one attached hydrogen (secondary N) is 1. The number of pyridine rings is 2. The van der Waals surface area contributed by atoms with E-state index in [2.05, 4.69) is 30.0 Å². The van der Waals surface area contributed by atoms with Gasteiger partial charge in [0.2, 0.25) is 11.8 Å². The SMILES string of the molecule is O=C1CCC(N2C(=O)c3ccc(N4CCN(CCC5CCN(Cc6ncc(-c7ccc8c9cnccc9n(C(F)F)c8c7)cc6F)CC5)CC4)cc3C2=O)C(=O)N1. The number of piperidine rings is 2. The second-order valence-corrected chi connectivity index (χ2v) is 15.4. The minimum Gasteiger partial charge on any atom is -0.369 e. The number of carbonyl (C=O) groups excluding carboxylic acids is 4. The van der Waals surface area contributed by atoms with Crippen LogP contribution in [0.1, 0.15) is 65.1 Å². The van der Waals surface area contributed by atoms with Crippen LogP contribution in [-0.2, 0) is 16.1 Å². The Balaban J connectivity index is 0.748. The van der Waals surface area contributed by atoms with Crippen LogP contribution in [0.25, 0.3) is 32.9 Å². The van der Waals surface area contributed by atoms with Crippen LogP contribution in [0.15, 0.2) is 67.1 Å². The van der Waals surface area contributed by atoms with Crippen LogP contribution in [0.4, 0.5) is 18.9 Å². The van der Waals surface area contributed by atoms with Gasteiger partial charge in [-0.15, -0.1) is 0 Å². The van der Waals surface area contributed by atoms with Crippen LogP contribution < -0.4 is 10.2 Å². The van der Waals surface area contributed by atoms with Gasteiger partial charge in [-0.25, -0.2) is 4.39 Å². The number of rotatable bonds is 9. The molecule has 0 aliphatic carbocycles. The number of benzene rings is 2. The lowest BCUT2D eigenvalue weighted by molar-refractivity contribution is -0.136. The molecular weight excluding hydrogens is 738 g/mol. The van der Waals surface area contributed by atoms with Crippen LogP contribution in [0.3, 0.4) is 0 Å². The van der Waals surface area contributed by atoms with Crippen molar-refractivity contribution in [2.24, 2.45) is 5.92 Å². The zero-order valence-electron chi connectivity index (χ0n) is 31.2. The van der Waals surface area contributed by atoms with E-state index < -0.39 is 42.0 Å². The monoisotopic (exact) mass is 778 g/mol. The van der Waals surface area contributed by atoms with Gasteiger partial charge in [0.25, 0.3) is 11.8 Å². The highest BCUT2D eigenvalue weighted by molar-refractivity contribution is 6.23. The number of piperazine rings is 1. The number of alkyl halides is 2. The number of aromatic nitrogens is 3. The van der Waals surface area contributed by atoms with Crippen molar-refractivity contribution >= 4 is 51.1 Å². The number of carbonyl (C=O) groups is 4. The van der Waals surface area contributed by atoms with Gasteiger partial charge in [0.15, 0.2) is 0 Å². The Bertz CT molecular complexity index is 2420. The molecule has 3 aromatic heterocycles. The molecule has 0 spiro atoms. The molecule has 4 aliphatic heterocycles. The van der Waals surface area contributed by atoms with Crippen molar-refractivity contribution in [3.8, 4) is 11.1 Å². The third-order valence-corrected chi connectivity index (χ3v) is 12.1. The first-order valence-corrected chi connectivity index (χ1v) is 19.5. The van der Waals surface area contributed by atoms with E-state index in [0.717, 1.165) is 80.2 Å². The number of hydrogen-bond donors (Lipinski definition) is 1. The Morgan fingerprint density at radius 2 is 1.56 bits per heavy atom. The van der Waals surface area contributed by atoms with Crippen LogP contribution >= 0.6 is 0 Å². The van der Waals surface area contributed by atoms with Crippen molar-refractivity contribution in [3.63, 3.8) is 0 Å². The summed E-state index contributed by atoms with van der Waals surface area (Å²) in [5.74, 6) is -1.87. The van der Waals surface area contributed by atoms with E-state index in [9.17, 15) is 28.0 Å². The number of nitrogens with zero attached hydrogens (tertiary/aromatic N) is 7. The number of imide groups is 2. The molecule has 0 saturated carbocycles. The molecule has 3 fully saturated rings. The Labute approximate surface area is 326 Å². The first-order chi connectivity index (χ1) is 27.6. The first kappa shape index (κ1) is 36.9. The topological polar surface area (TPSA) is 124 Å². The van der Waals surface area contributed by atoms with Crippen molar-refractivity contribution in [1.82, 2.24) is 34.6 Å². The maximum absolute atomic E-state index is 15.4. The molecule has 2 aromatic carbocycles. The van der Waals surface area contributed by atoms with Gasteiger partial charge < -0.3 is 4.90 Å². The molecule has 3 saturated heterocycles. The quantitative estimate of drug-likeness (QED) is 0.190. The highest BCUT2D eigenvalue weighted by atomic mass is 19.3. The number of anilines is 1. The zero-order chi connectivity index (χ0) is 39.4. The fraction of sp³-hybridized carbons (Fsp3) is 0.381. The van der Waals surface area contributed by atoms with Gasteiger partial charge in [-0.05, 0) is 93.2 Å². The van der Waals surface area contributed by atoms with Crippen LogP contribution in [0.2, 0.25) is 0 Å². The maximum atomic E-state index is 15.4. The minimum atomic E-state index is -2.74. The largest absolute Gasteiger partial charge is 0.369 e. The molecule has 1 N–H and O–H groups in total. The normalized spacial score (nSPS) is 20.0. The number of likely N-dealkylation sites (tertiary alicyclic amines) is 1. The second-order valence-electron chi connectivity index (χ2n) is 15.4. The molecule has 12 nitrogen and oxygen atoms in total. The molecule has 5 aromatic rings. The number of hydrogen-bond acceptors (Lipinski definition) is 9. The van der Waals surface area contributed by atoms with E-state index >= 15 is 4.39 Å². The molecule has 4 aliphatic rings. The summed E-state index contributed by atoms with van der Waals surface area (Å²) in [4.78, 5) is 66.9. The Hall–Kier alpha value is -5.67. The molecule has 0 bridgehead atoms. The third-order valence-electron chi connectivity index (χ3n) is 12.1. The number of halogens is 3. The number of fused-ring (bicyclic) bond motifs is 4. The van der Waals surface area contributed by atoms with E-state index in [1.165, 1.54) is 12.3 Å². The van der Waals surface area contributed by atoms with Gasteiger partial charge in [0.1, 0.15) is 11.9 Å². The fourth-order valence-electron chi connectivity index (χ4n) is 8.92. The Morgan fingerprint density at radius 1 is 0.772 bits per heavy atom. The van der Waals surface area contributed by atoms with Crippen molar-refractivity contribution in [3.05, 3.63) is 89.8 Å². The summed E-state index contributed by atoms with van der Waals surface area (Å²) in [6.45, 7) is 3.65. The zero-order valence-corrected chi connectivity index (χ0v) is 31.2. The summed E-state index contributed by atoms with van der Waals surface area (Å²) < 4.78 is 44.6. The molecule has 7 heterocycles. The van der Waals surface area contributed by atoms with Gasteiger partial charge in [-0.3, -0.25) is 53.7 Å². The third kappa shape index (κ3) is 6.92. The lowest BCUT2D eigenvalue weighted by atomic mass is 9.93. The van der Waals surface area contributed by atoms with Crippen molar-refractivity contribution in [2.45, 2.75) is 51.2 Å². The molecule has 1 atom stereocenters. The summed E-state index contributed by atoms with van der Waals surface area (Å²) >= 11 is 0. The highest BCUT2D eigenvalue weighted by Gasteiger charge is 2.45. The van der Waals surface area contributed by atoms with Crippen molar-refractivity contribution < 1.29 is 32.3 Å². The predicted molar refractivity (Wildman–Crippen MR) is 206 cm³/mol. The summed E-state index contributed by atoms with van der Waals surface area (Å²) in [5, 5.41) is 3.53. The summed E-state index contributed by atoms with van der Waals surface area (Å²) in [6, 6.07) is 12.5. The molecule has 57 heavy (non-hydrogen) atoms. The Kier molecular flexibility index (Phi) is 9.73. The average Bonchev–Trinajstić information content (AvgIpc) is 3.68. The van der Waals surface area contributed by atoms with Crippen LogP contribution in [0, 0.1) is 11.7 Å². The molecule has 9 rings (SSSR count). The van der Waals surface area contributed by atoms with E-state index in [0.29, 0.717) is 51.1 Å². The standard InChI is InChI=1S/C42H41F3N8O4/c43-33-19-27(26-1-3-29-32-23-46-11-7-35(32)52(42(44)45)37(29)20-26)22-47-34(33)24-50-13-9-25(10-14-50)8-12-49-15-17-51(18-16-49)28-2-4-30-31(21-28)41(57)53(40(30)56)36-5-6-38(54)48-39(36)55/h1-4,7,11,19-23,25,36,42H,5-6,8-10,12-18,24H2,(H,48,54,55). The van der Waals surface area contributed by atoms with E-state index in [-0.39, 0.29) is 24.0 Å². The van der Waals surface area contributed by atoms with Crippen molar-refractivity contribution in [1.29, 1.82) is 0 Å². The maximum Gasteiger partial charge on any atom is 0.319 e. The predicted octanol–water partition coefficient (Wildman–Crippen LogP) is 5.61. The second kappa shape index (κ2) is 15.0. The van der Waals surface area contributed by atoms with E-state index in [4.69, 9.17) is 0 Å². The van der Waals surface area contributed by atoms with Crippen molar-refractivity contribution in [2.75, 3.05) is 50.7 Å². The van der Waals surface area contributed by atoms with Gasteiger partial charge in [0.05, 0.1) is 27.9 Å². The van der Waals surface area contributed by atoms with E-state index in [1.54, 1.807) is 48.8 Å². The molecular formula is C42H41F3N8O4. The summed E-state index contributed by atoms with van der Waals surface area (Å²) in [6.07, 6.45) is 8.01. The van der Waals surface area contributed by atoms with Gasteiger partial charge >= 0.3 is 6.55 Å². The van der Waals surface area contributed by atoms with Gasteiger partial charge in [-0.2, -0.15) is 8.78 Å². The fourth-order valence-corrected chi connectivity index (χ4v) is 8.92. The number of amides is 4. The lowest BCUT2D eigenvalue weighted by Crippen LogP contribution is -2.54. The molecule has 1 unspecified atom stereocenters. The smallest absolute Gasteiger partial charge is 0.319 e. The van der Waals surface area contributed by atoms with E-state index in [1.807, 2.05) is 6.07 Å². The molecule has 0 radical (unpaired) electrons. The lowest BCUT2D eigenvalue weighted by Gasteiger charge is -2.37. The molecule has 294 valence electrons. The summed E-state index contributed by atoms with van der Waals surface area (Å²) in [5.41, 5.74) is 3.69. The molecule has 15 heteroatoms. The van der Waals surface area contributed by atoms with Crippen LogP contribution in [0.5, 0.6) is 0 Å². The first-order valence-electron chi connectivity index (χ1n) is 19.5. The minimum absolute atomic E-state index is 0.0807. The van der Waals surface area contributed by atoms with Crippen LogP contribution in [-0.4, -0.2) is 105 Å².